The number of halogens is 2. The van der Waals surface area contributed by atoms with Gasteiger partial charge in [-0.15, -0.1) is 10.2 Å². The smallest absolute Gasteiger partial charge is 0.250 e. The van der Waals surface area contributed by atoms with Crippen molar-refractivity contribution in [1.29, 1.82) is 0 Å². The Balaban J connectivity index is 1.79. The molecule has 1 aromatic heterocycles. The maximum Gasteiger partial charge on any atom is 0.250 e. The van der Waals surface area contributed by atoms with E-state index in [4.69, 9.17) is 10.2 Å². The summed E-state index contributed by atoms with van der Waals surface area (Å²) < 4.78 is 32.5. The molecule has 0 bridgehead atoms. The number of nitrogen functional groups attached to an aromatic ring is 1. The second-order valence-electron chi connectivity index (χ2n) is 6.10. The molecule has 3 aromatic rings. The summed E-state index contributed by atoms with van der Waals surface area (Å²) in [6.45, 7) is 1.38. The van der Waals surface area contributed by atoms with E-state index >= 15 is 0 Å². The fourth-order valence-electron chi connectivity index (χ4n) is 2.65. The van der Waals surface area contributed by atoms with Gasteiger partial charge in [0.05, 0.1) is 5.56 Å². The number of carbonyl (C=O) groups is 1. The van der Waals surface area contributed by atoms with Crippen molar-refractivity contribution in [2.24, 2.45) is 0 Å². The van der Waals surface area contributed by atoms with Gasteiger partial charge in [0, 0.05) is 18.7 Å². The lowest BCUT2D eigenvalue weighted by Crippen LogP contribution is -2.26. The van der Waals surface area contributed by atoms with Gasteiger partial charge in [0.1, 0.15) is 17.7 Å². The number of amides is 1. The average Bonchev–Trinajstić information content (AvgIpc) is 3.09. The topological polar surface area (TPSA) is 94.0 Å². The van der Waals surface area contributed by atoms with Crippen molar-refractivity contribution in [1.82, 2.24) is 15.5 Å². The van der Waals surface area contributed by atoms with Gasteiger partial charge < -0.3 is 15.5 Å². The molecule has 6 nitrogen and oxygen atoms in total. The van der Waals surface area contributed by atoms with Crippen LogP contribution in [-0.2, 0) is 11.2 Å². The molecule has 27 heavy (non-hydrogen) atoms. The highest BCUT2D eigenvalue weighted by Gasteiger charge is 2.21. The first-order valence-corrected chi connectivity index (χ1v) is 8.32. The Hall–Kier alpha value is -3.29. The zero-order valence-corrected chi connectivity index (χ0v) is 14.6. The molecule has 1 heterocycles. The monoisotopic (exact) mass is 372 g/mol. The molecule has 0 saturated carbocycles. The Morgan fingerprint density at radius 1 is 1.19 bits per heavy atom. The fraction of sp³-hybridized carbons (Fsp3) is 0.211. The Morgan fingerprint density at radius 3 is 2.59 bits per heavy atom. The highest BCUT2D eigenvalue weighted by Crippen LogP contribution is 2.26. The molecule has 0 aliphatic carbocycles. The predicted molar refractivity (Wildman–Crippen MR) is 95.4 cm³/mol. The van der Waals surface area contributed by atoms with E-state index in [9.17, 15) is 13.6 Å². The maximum atomic E-state index is 13.9. The van der Waals surface area contributed by atoms with E-state index in [1.807, 2.05) is 12.1 Å². The van der Waals surface area contributed by atoms with Crippen LogP contribution in [0.4, 0.5) is 14.5 Å². The van der Waals surface area contributed by atoms with Crippen molar-refractivity contribution in [3.63, 3.8) is 0 Å². The molecular weight excluding hydrogens is 354 g/mol. The standard InChI is InChI=1S/C19H18F2N4O2/c1-11(26)23-17(9-4-12-2-6-14(22)7-3-12)19-25-24-18(27-19)15-8-5-13(20)10-16(15)21/h2-3,5-8,10,17H,4,9,22H2,1H3,(H,23,26)/t17-/m0/s1. The highest BCUT2D eigenvalue weighted by atomic mass is 19.1. The van der Waals surface area contributed by atoms with Crippen LogP contribution in [0.3, 0.4) is 0 Å². The molecule has 3 rings (SSSR count). The van der Waals surface area contributed by atoms with Crippen LogP contribution in [0.2, 0.25) is 0 Å². The summed E-state index contributed by atoms with van der Waals surface area (Å²) in [6, 6.07) is 9.92. The Labute approximate surface area is 154 Å². The molecule has 1 amide bonds. The van der Waals surface area contributed by atoms with E-state index in [2.05, 4.69) is 15.5 Å². The first kappa shape index (κ1) is 18.5. The lowest BCUT2D eigenvalue weighted by molar-refractivity contribution is -0.119. The minimum atomic E-state index is -0.803. The third-order valence-corrected chi connectivity index (χ3v) is 3.98. The number of anilines is 1. The molecule has 0 saturated heterocycles. The van der Waals surface area contributed by atoms with E-state index in [0.29, 0.717) is 18.5 Å². The van der Waals surface area contributed by atoms with Crippen molar-refractivity contribution >= 4 is 11.6 Å². The molecule has 0 radical (unpaired) electrons. The second kappa shape index (κ2) is 7.94. The third-order valence-electron chi connectivity index (χ3n) is 3.98. The van der Waals surface area contributed by atoms with Gasteiger partial charge in [-0.05, 0) is 42.7 Å². The number of nitrogens with two attached hydrogens (primary N) is 1. The minimum absolute atomic E-state index is 0.00439. The lowest BCUT2D eigenvalue weighted by Gasteiger charge is -2.14. The molecule has 1 atom stereocenters. The van der Waals surface area contributed by atoms with E-state index < -0.39 is 17.7 Å². The van der Waals surface area contributed by atoms with Crippen molar-refractivity contribution in [3.8, 4) is 11.5 Å². The number of hydrogen-bond donors (Lipinski definition) is 2. The number of nitrogens with one attached hydrogen (secondary N) is 1. The fourth-order valence-corrected chi connectivity index (χ4v) is 2.65. The quantitative estimate of drug-likeness (QED) is 0.647. The van der Waals surface area contributed by atoms with Crippen LogP contribution in [-0.4, -0.2) is 16.1 Å². The Bertz CT molecular complexity index is 941. The van der Waals surface area contributed by atoms with E-state index in [1.165, 1.54) is 13.0 Å². The van der Waals surface area contributed by atoms with Gasteiger partial charge in [-0.25, -0.2) is 8.78 Å². The molecule has 0 aliphatic rings. The number of aryl methyl sites for hydroxylation is 1. The summed E-state index contributed by atoms with van der Waals surface area (Å²) in [7, 11) is 0. The number of hydrogen-bond acceptors (Lipinski definition) is 5. The van der Waals surface area contributed by atoms with Crippen molar-refractivity contribution < 1.29 is 18.0 Å². The number of nitrogens with zero attached hydrogens (tertiary/aromatic N) is 2. The highest BCUT2D eigenvalue weighted by molar-refractivity contribution is 5.73. The SMILES string of the molecule is CC(=O)N[C@@H](CCc1ccc(N)cc1)c1nnc(-c2ccc(F)cc2F)o1. The van der Waals surface area contributed by atoms with Gasteiger partial charge in [0.15, 0.2) is 0 Å². The lowest BCUT2D eigenvalue weighted by atomic mass is 10.0. The summed E-state index contributed by atoms with van der Waals surface area (Å²) in [4.78, 5) is 11.5. The number of carbonyl (C=O) groups excluding carboxylic acids is 1. The zero-order valence-electron chi connectivity index (χ0n) is 14.6. The maximum absolute atomic E-state index is 13.9. The minimum Gasteiger partial charge on any atom is -0.418 e. The molecule has 3 N–H and O–H groups in total. The first-order chi connectivity index (χ1) is 12.9. The molecule has 0 unspecified atom stereocenters. The first-order valence-electron chi connectivity index (χ1n) is 8.32. The molecule has 0 aliphatic heterocycles. The molecule has 8 heteroatoms. The Morgan fingerprint density at radius 2 is 1.93 bits per heavy atom. The summed E-state index contributed by atoms with van der Waals surface area (Å²) in [5, 5.41) is 10.5. The summed E-state index contributed by atoms with van der Waals surface area (Å²) in [6.07, 6.45) is 1.13. The number of benzene rings is 2. The van der Waals surface area contributed by atoms with Crippen LogP contribution in [0, 0.1) is 11.6 Å². The Kier molecular flexibility index (Phi) is 5.44. The molecule has 2 aromatic carbocycles. The van der Waals surface area contributed by atoms with Gasteiger partial charge in [-0.2, -0.15) is 0 Å². The number of aromatic nitrogens is 2. The van der Waals surface area contributed by atoms with Gasteiger partial charge in [-0.1, -0.05) is 12.1 Å². The van der Waals surface area contributed by atoms with Gasteiger partial charge in [-0.3, -0.25) is 4.79 Å². The normalized spacial score (nSPS) is 12.0. The van der Waals surface area contributed by atoms with Crippen LogP contribution >= 0.6 is 0 Å². The summed E-state index contributed by atoms with van der Waals surface area (Å²) in [5.41, 5.74) is 7.37. The summed E-state index contributed by atoms with van der Waals surface area (Å²) in [5.74, 6) is -1.69. The van der Waals surface area contributed by atoms with Crippen LogP contribution in [0.15, 0.2) is 46.9 Å². The zero-order chi connectivity index (χ0) is 19.4. The van der Waals surface area contributed by atoms with Gasteiger partial charge in [0.2, 0.25) is 11.8 Å². The third kappa shape index (κ3) is 4.66. The van der Waals surface area contributed by atoms with Crippen molar-refractivity contribution in [2.75, 3.05) is 5.73 Å². The number of rotatable bonds is 6. The van der Waals surface area contributed by atoms with Gasteiger partial charge in [0.25, 0.3) is 5.89 Å². The molecule has 0 spiro atoms. The molecular formula is C19H18F2N4O2. The van der Waals surface area contributed by atoms with E-state index in [1.54, 1.807) is 12.1 Å². The van der Waals surface area contributed by atoms with Crippen LogP contribution in [0.1, 0.15) is 30.8 Å². The van der Waals surface area contributed by atoms with Crippen molar-refractivity contribution in [3.05, 3.63) is 65.6 Å². The van der Waals surface area contributed by atoms with Crippen LogP contribution in [0.25, 0.3) is 11.5 Å². The second-order valence-corrected chi connectivity index (χ2v) is 6.10. The summed E-state index contributed by atoms with van der Waals surface area (Å²) >= 11 is 0. The van der Waals surface area contributed by atoms with Crippen molar-refractivity contribution in [2.45, 2.75) is 25.8 Å². The average molecular weight is 372 g/mol. The van der Waals surface area contributed by atoms with E-state index in [0.717, 1.165) is 17.7 Å². The van der Waals surface area contributed by atoms with Gasteiger partial charge >= 0.3 is 0 Å². The molecule has 140 valence electrons. The van der Waals surface area contributed by atoms with E-state index in [-0.39, 0.29) is 23.3 Å². The largest absolute Gasteiger partial charge is 0.418 e. The van der Waals surface area contributed by atoms with Crippen LogP contribution in [0.5, 0.6) is 0 Å². The molecule has 0 fully saturated rings. The predicted octanol–water partition coefficient (Wildman–Crippen LogP) is 3.41. The van der Waals surface area contributed by atoms with Crippen LogP contribution < -0.4 is 11.1 Å².